The molecule has 4 aliphatic carbocycles. The Morgan fingerprint density at radius 3 is 2.33 bits per heavy atom. The summed E-state index contributed by atoms with van der Waals surface area (Å²) in [5.41, 5.74) is -1.14. The molecule has 0 N–H and O–H groups in total. The lowest BCUT2D eigenvalue weighted by Crippen LogP contribution is -2.60. The van der Waals surface area contributed by atoms with Gasteiger partial charge in [0.05, 0.1) is 5.60 Å². The first-order chi connectivity index (χ1) is 8.31. The Balaban J connectivity index is 1.84. The van der Waals surface area contributed by atoms with Crippen molar-refractivity contribution >= 4 is 11.8 Å². The van der Waals surface area contributed by atoms with Gasteiger partial charge in [-0.05, 0) is 38.0 Å². The first kappa shape index (κ1) is 12.0. The third-order valence-electron chi connectivity index (χ3n) is 4.52. The van der Waals surface area contributed by atoms with Gasteiger partial charge in [-0.3, -0.25) is 4.79 Å². The summed E-state index contributed by atoms with van der Waals surface area (Å²) in [5, 5.41) is 10.4. The van der Waals surface area contributed by atoms with Gasteiger partial charge in [0.25, 0.3) is 0 Å². The minimum atomic E-state index is -4.27. The van der Waals surface area contributed by atoms with Crippen LogP contribution < -0.4 is 5.11 Å². The van der Waals surface area contributed by atoms with Gasteiger partial charge in [-0.25, -0.2) is 0 Å². The molecule has 0 aromatic carbocycles. The fraction of sp³-hybridized carbons (Fsp3) is 0.833. The number of alkyl halides is 2. The number of halogens is 2. The zero-order chi connectivity index (χ0) is 13.1. The molecule has 2 unspecified atom stereocenters. The average molecular weight is 259 g/mol. The van der Waals surface area contributed by atoms with Crippen LogP contribution in [0.15, 0.2) is 0 Å². The minimum Gasteiger partial charge on any atom is -0.542 e. The van der Waals surface area contributed by atoms with Gasteiger partial charge in [0, 0.05) is 11.8 Å². The number of carboxylic acid groups (broad SMARTS) is 1. The molecule has 0 heterocycles. The number of hydrogen-bond donors (Lipinski definition) is 0. The van der Waals surface area contributed by atoms with E-state index in [1.54, 1.807) is 0 Å². The van der Waals surface area contributed by atoms with Crippen molar-refractivity contribution in [1.82, 2.24) is 0 Å². The first-order valence-corrected chi connectivity index (χ1v) is 6.14. The van der Waals surface area contributed by atoms with Crippen molar-refractivity contribution in [3.63, 3.8) is 0 Å². The maximum absolute atomic E-state index is 13.2. The topological polar surface area (TPSA) is 66.4 Å². The third kappa shape index (κ3) is 1.66. The molecule has 4 bridgehead atoms. The van der Waals surface area contributed by atoms with Crippen LogP contribution in [0.5, 0.6) is 0 Å². The third-order valence-corrected chi connectivity index (χ3v) is 4.52. The van der Waals surface area contributed by atoms with E-state index >= 15 is 0 Å². The van der Waals surface area contributed by atoms with Crippen LogP contribution in [0, 0.1) is 17.8 Å². The van der Waals surface area contributed by atoms with Crippen LogP contribution in [-0.4, -0.2) is 23.5 Å². The van der Waals surface area contributed by atoms with Crippen molar-refractivity contribution in [3.05, 3.63) is 0 Å². The Labute approximate surface area is 102 Å². The molecule has 6 heteroatoms. The number of rotatable bonds is 3. The van der Waals surface area contributed by atoms with Gasteiger partial charge in [-0.1, -0.05) is 0 Å². The molecular weight excluding hydrogens is 246 g/mol. The molecule has 4 nitrogen and oxygen atoms in total. The van der Waals surface area contributed by atoms with Crippen LogP contribution in [0.25, 0.3) is 0 Å². The Kier molecular flexibility index (Phi) is 2.33. The Morgan fingerprint density at radius 1 is 1.28 bits per heavy atom. The highest BCUT2D eigenvalue weighted by atomic mass is 19.3. The van der Waals surface area contributed by atoms with Gasteiger partial charge in [0.1, 0.15) is 11.8 Å². The van der Waals surface area contributed by atoms with Crippen molar-refractivity contribution in [2.24, 2.45) is 17.8 Å². The molecule has 4 rings (SSSR count). The fourth-order valence-electron chi connectivity index (χ4n) is 4.11. The maximum atomic E-state index is 13.2. The smallest absolute Gasteiger partial charge is 0.398 e. The largest absolute Gasteiger partial charge is 0.542 e. The van der Waals surface area contributed by atoms with E-state index in [1.807, 2.05) is 0 Å². The summed E-state index contributed by atoms with van der Waals surface area (Å²) in [5.74, 6) is -2.62. The molecule has 100 valence electrons. The minimum absolute atomic E-state index is 0.141. The van der Waals surface area contributed by atoms with Gasteiger partial charge < -0.3 is 14.6 Å². The van der Waals surface area contributed by atoms with E-state index in [9.17, 15) is 23.5 Å². The maximum Gasteiger partial charge on any atom is 0.398 e. The van der Waals surface area contributed by atoms with Crippen molar-refractivity contribution in [2.45, 2.75) is 43.8 Å². The van der Waals surface area contributed by atoms with Gasteiger partial charge in [-0.15, -0.1) is 0 Å². The van der Waals surface area contributed by atoms with Crippen molar-refractivity contribution in [2.75, 3.05) is 0 Å². The van der Waals surface area contributed by atoms with Crippen LogP contribution in [-0.2, 0) is 14.3 Å². The second-order valence-electron chi connectivity index (χ2n) is 5.84. The molecule has 4 fully saturated rings. The number of aliphatic carboxylic acids is 1. The fourth-order valence-corrected chi connectivity index (χ4v) is 4.11. The lowest BCUT2D eigenvalue weighted by molar-refractivity contribution is -0.384. The van der Waals surface area contributed by atoms with Crippen molar-refractivity contribution in [1.29, 1.82) is 0 Å². The molecule has 0 amide bonds. The molecule has 0 saturated heterocycles. The summed E-state index contributed by atoms with van der Waals surface area (Å²) in [6.07, 6.45) is -1.93. The predicted octanol–water partition coefficient (Wildman–Crippen LogP) is 0.493. The van der Waals surface area contributed by atoms with Crippen LogP contribution in [0.4, 0.5) is 8.78 Å². The van der Waals surface area contributed by atoms with E-state index in [1.165, 1.54) is 0 Å². The van der Waals surface area contributed by atoms with E-state index < -0.39 is 17.7 Å². The molecule has 0 radical (unpaired) electrons. The Bertz CT molecular complexity index is 402. The standard InChI is InChI=1S/C12H14F2O4/c13-12(14,10(16)17)18-11-3-6-1-7(4-11)9(15)8(2-6)5-11/h6-8H,1-5H2,(H,16,17)/p-1. The highest BCUT2D eigenvalue weighted by molar-refractivity contribution is 5.86. The number of carboxylic acids is 1. The van der Waals surface area contributed by atoms with Gasteiger partial charge in [0.2, 0.25) is 0 Å². The molecule has 4 saturated carbocycles. The summed E-state index contributed by atoms with van der Waals surface area (Å²) in [6.45, 7) is 0. The van der Waals surface area contributed by atoms with Crippen LogP contribution in [0.3, 0.4) is 0 Å². The van der Waals surface area contributed by atoms with E-state index in [0.717, 1.165) is 12.8 Å². The molecule has 0 spiro atoms. The second kappa shape index (κ2) is 3.50. The summed E-state index contributed by atoms with van der Waals surface area (Å²) in [7, 11) is 0. The van der Waals surface area contributed by atoms with Crippen LogP contribution >= 0.6 is 0 Å². The normalized spacial score (nSPS) is 42.3. The zero-order valence-corrected chi connectivity index (χ0v) is 9.66. The van der Waals surface area contributed by atoms with Crippen LogP contribution in [0.1, 0.15) is 32.1 Å². The summed E-state index contributed by atoms with van der Waals surface area (Å²) >= 11 is 0. The molecule has 4 aliphatic rings. The molecule has 18 heavy (non-hydrogen) atoms. The SMILES string of the molecule is O=C1C2CC3CC1CC(OC(F)(F)C(=O)[O-])(C3)C2. The Morgan fingerprint density at radius 2 is 1.83 bits per heavy atom. The lowest BCUT2D eigenvalue weighted by atomic mass is 9.53. The average Bonchev–Trinajstić information content (AvgIpc) is 2.23. The number of Topliss-reactive ketones (excluding diaryl/α,β-unsaturated/α-hetero) is 1. The molecule has 0 aliphatic heterocycles. The van der Waals surface area contributed by atoms with Crippen molar-refractivity contribution < 1.29 is 28.2 Å². The van der Waals surface area contributed by atoms with Crippen molar-refractivity contribution in [3.8, 4) is 0 Å². The zero-order valence-electron chi connectivity index (χ0n) is 9.66. The lowest BCUT2D eigenvalue weighted by Gasteiger charge is -2.55. The summed E-state index contributed by atoms with van der Waals surface area (Å²) in [6, 6.07) is 0. The van der Waals surface area contributed by atoms with Gasteiger partial charge in [0.15, 0.2) is 0 Å². The molecular formula is C12H13F2O4-. The first-order valence-electron chi connectivity index (χ1n) is 6.14. The molecule has 2 atom stereocenters. The van der Waals surface area contributed by atoms with E-state index in [2.05, 4.69) is 4.74 Å². The summed E-state index contributed by atoms with van der Waals surface area (Å²) in [4.78, 5) is 22.2. The number of carbonyl (C=O) groups is 2. The number of hydrogen-bond acceptors (Lipinski definition) is 4. The Hall–Kier alpha value is -1.04. The number of ketones is 1. The predicted molar refractivity (Wildman–Crippen MR) is 52.3 cm³/mol. The second-order valence-corrected chi connectivity index (χ2v) is 5.84. The van der Waals surface area contributed by atoms with Crippen LogP contribution in [0.2, 0.25) is 0 Å². The summed E-state index contributed by atoms with van der Waals surface area (Å²) < 4.78 is 31.0. The van der Waals surface area contributed by atoms with E-state index in [-0.39, 0.29) is 36.4 Å². The molecule has 0 aromatic heterocycles. The monoisotopic (exact) mass is 259 g/mol. The van der Waals surface area contributed by atoms with E-state index in [0.29, 0.717) is 6.42 Å². The number of ether oxygens (including phenoxy) is 1. The molecule has 0 aromatic rings. The quantitative estimate of drug-likeness (QED) is 0.740. The van der Waals surface area contributed by atoms with E-state index in [4.69, 9.17) is 0 Å². The highest BCUT2D eigenvalue weighted by Gasteiger charge is 2.58. The number of carbonyl (C=O) groups excluding carboxylic acids is 2. The van der Waals surface area contributed by atoms with Gasteiger partial charge >= 0.3 is 6.11 Å². The van der Waals surface area contributed by atoms with Gasteiger partial charge in [-0.2, -0.15) is 8.78 Å². The highest BCUT2D eigenvalue weighted by Crippen LogP contribution is 2.56.